The molecule has 96 valence electrons. The summed E-state index contributed by atoms with van der Waals surface area (Å²) in [5, 5.41) is 11.6. The Morgan fingerprint density at radius 1 is 1.59 bits per heavy atom. The van der Waals surface area contributed by atoms with Gasteiger partial charge in [-0.15, -0.1) is 0 Å². The predicted molar refractivity (Wildman–Crippen MR) is 62.3 cm³/mol. The van der Waals surface area contributed by atoms with Gasteiger partial charge in [-0.1, -0.05) is 0 Å². The number of hydrogen-bond acceptors (Lipinski definition) is 4. The molecule has 5 heteroatoms. The molecule has 0 saturated carbocycles. The predicted octanol–water partition coefficient (Wildman–Crippen LogP) is 1.69. The van der Waals surface area contributed by atoms with Crippen LogP contribution >= 0.6 is 0 Å². The molecule has 0 bridgehead atoms. The van der Waals surface area contributed by atoms with E-state index in [1.807, 2.05) is 20.8 Å². The molecule has 1 aliphatic rings. The highest BCUT2D eigenvalue weighted by Gasteiger charge is 2.26. The first-order valence-electron chi connectivity index (χ1n) is 5.86. The van der Waals surface area contributed by atoms with Crippen LogP contribution in [0.2, 0.25) is 0 Å². The molecule has 0 spiro atoms. The largest absolute Gasteiger partial charge is 0.444 e. The summed E-state index contributed by atoms with van der Waals surface area (Å²) in [4.78, 5) is 11.4. The third-order valence-electron chi connectivity index (χ3n) is 2.55. The van der Waals surface area contributed by atoms with Crippen LogP contribution in [0, 0.1) is 23.2 Å². The van der Waals surface area contributed by atoms with Crippen molar-refractivity contribution >= 4 is 6.09 Å². The van der Waals surface area contributed by atoms with Crippen molar-refractivity contribution in [1.82, 2.24) is 5.32 Å². The molecule has 5 nitrogen and oxygen atoms in total. The quantitative estimate of drug-likeness (QED) is 0.797. The summed E-state index contributed by atoms with van der Waals surface area (Å²) in [5.41, 5.74) is -0.498. The van der Waals surface area contributed by atoms with Gasteiger partial charge in [0.1, 0.15) is 5.60 Å². The van der Waals surface area contributed by atoms with Gasteiger partial charge >= 0.3 is 6.09 Å². The lowest BCUT2D eigenvalue weighted by molar-refractivity contribution is 0.0269. The number of nitrogens with one attached hydrogen (secondary N) is 1. The van der Waals surface area contributed by atoms with Gasteiger partial charge in [-0.25, -0.2) is 4.79 Å². The Morgan fingerprint density at radius 2 is 2.29 bits per heavy atom. The fraction of sp³-hybridized carbons (Fsp3) is 0.833. The van der Waals surface area contributed by atoms with Crippen LogP contribution in [0.5, 0.6) is 0 Å². The van der Waals surface area contributed by atoms with Gasteiger partial charge in [0.15, 0.2) is 0 Å². The minimum absolute atomic E-state index is 0.0429. The van der Waals surface area contributed by atoms with Crippen LogP contribution in [0.4, 0.5) is 4.79 Å². The van der Waals surface area contributed by atoms with Crippen molar-refractivity contribution in [3.63, 3.8) is 0 Å². The van der Waals surface area contributed by atoms with Gasteiger partial charge in [0.25, 0.3) is 0 Å². The maximum atomic E-state index is 11.4. The molecule has 1 heterocycles. The lowest BCUT2D eigenvalue weighted by Gasteiger charge is -2.27. The highest BCUT2D eigenvalue weighted by Crippen LogP contribution is 2.20. The van der Waals surface area contributed by atoms with Crippen LogP contribution in [-0.4, -0.2) is 31.5 Å². The molecule has 1 rings (SSSR count). The molecule has 1 amide bonds. The number of rotatable bonds is 2. The van der Waals surface area contributed by atoms with E-state index in [2.05, 4.69) is 11.4 Å². The first kappa shape index (κ1) is 13.8. The Bertz CT molecular complexity index is 304. The van der Waals surface area contributed by atoms with E-state index in [0.717, 1.165) is 6.42 Å². The maximum Gasteiger partial charge on any atom is 0.407 e. The van der Waals surface area contributed by atoms with E-state index in [9.17, 15) is 4.79 Å². The van der Waals surface area contributed by atoms with Crippen molar-refractivity contribution < 1.29 is 14.3 Å². The summed E-state index contributed by atoms with van der Waals surface area (Å²) in [7, 11) is 0. The number of alkyl carbamates (subject to hydrolysis) is 1. The second kappa shape index (κ2) is 5.87. The minimum Gasteiger partial charge on any atom is -0.444 e. The SMILES string of the molecule is CC(C)(C)OC(=O)NCC1COCCC1C#N. The summed E-state index contributed by atoms with van der Waals surface area (Å²) in [6.07, 6.45) is 0.289. The third kappa shape index (κ3) is 5.05. The van der Waals surface area contributed by atoms with Gasteiger partial charge in [0.2, 0.25) is 0 Å². The molecular formula is C12H20N2O3. The highest BCUT2D eigenvalue weighted by molar-refractivity contribution is 5.67. The zero-order valence-electron chi connectivity index (χ0n) is 10.7. The van der Waals surface area contributed by atoms with Crippen molar-refractivity contribution in [2.75, 3.05) is 19.8 Å². The first-order chi connectivity index (χ1) is 7.92. The van der Waals surface area contributed by atoms with E-state index in [0.29, 0.717) is 19.8 Å². The van der Waals surface area contributed by atoms with Crippen LogP contribution < -0.4 is 5.32 Å². The molecule has 1 aliphatic heterocycles. The first-order valence-corrected chi connectivity index (χ1v) is 5.86. The summed E-state index contributed by atoms with van der Waals surface area (Å²) >= 11 is 0. The lowest BCUT2D eigenvalue weighted by atomic mass is 9.90. The van der Waals surface area contributed by atoms with Gasteiger partial charge in [-0.05, 0) is 27.2 Å². The molecule has 0 radical (unpaired) electrons. The smallest absolute Gasteiger partial charge is 0.407 e. The number of ether oxygens (including phenoxy) is 2. The van der Waals surface area contributed by atoms with Crippen molar-refractivity contribution in [1.29, 1.82) is 5.26 Å². The zero-order chi connectivity index (χ0) is 12.9. The molecule has 0 aromatic carbocycles. The maximum absolute atomic E-state index is 11.4. The van der Waals surface area contributed by atoms with E-state index in [-0.39, 0.29) is 11.8 Å². The Labute approximate surface area is 102 Å². The second-order valence-corrected chi connectivity index (χ2v) is 5.24. The van der Waals surface area contributed by atoms with Crippen molar-refractivity contribution in [3.05, 3.63) is 0 Å². The fourth-order valence-electron chi connectivity index (χ4n) is 1.70. The second-order valence-electron chi connectivity index (χ2n) is 5.24. The molecule has 17 heavy (non-hydrogen) atoms. The van der Waals surface area contributed by atoms with Crippen LogP contribution in [-0.2, 0) is 9.47 Å². The van der Waals surface area contributed by atoms with Gasteiger partial charge in [0, 0.05) is 19.1 Å². The van der Waals surface area contributed by atoms with Gasteiger partial charge < -0.3 is 14.8 Å². The topological polar surface area (TPSA) is 71.3 Å². The molecule has 1 saturated heterocycles. The van der Waals surface area contributed by atoms with Gasteiger partial charge in [-0.2, -0.15) is 5.26 Å². The molecule has 0 aromatic rings. The normalized spacial score (nSPS) is 24.8. The van der Waals surface area contributed by atoms with Gasteiger partial charge in [-0.3, -0.25) is 0 Å². The fourth-order valence-corrected chi connectivity index (χ4v) is 1.70. The number of nitriles is 1. The third-order valence-corrected chi connectivity index (χ3v) is 2.55. The number of hydrogen-bond donors (Lipinski definition) is 1. The van der Waals surface area contributed by atoms with E-state index < -0.39 is 11.7 Å². The van der Waals surface area contributed by atoms with E-state index in [1.165, 1.54) is 0 Å². The van der Waals surface area contributed by atoms with Crippen molar-refractivity contribution in [2.24, 2.45) is 11.8 Å². The van der Waals surface area contributed by atoms with E-state index in [4.69, 9.17) is 14.7 Å². The molecule has 0 aliphatic carbocycles. The zero-order valence-corrected chi connectivity index (χ0v) is 10.7. The molecule has 1 fully saturated rings. The number of carbonyl (C=O) groups is 1. The molecule has 2 unspecified atom stereocenters. The summed E-state index contributed by atoms with van der Waals surface area (Å²) in [6.45, 7) is 7.01. The van der Waals surface area contributed by atoms with Crippen molar-refractivity contribution in [2.45, 2.75) is 32.8 Å². The average molecular weight is 240 g/mol. The number of amides is 1. The Kier molecular flexibility index (Phi) is 4.76. The Hall–Kier alpha value is -1.28. The van der Waals surface area contributed by atoms with E-state index in [1.54, 1.807) is 0 Å². The minimum atomic E-state index is -0.498. The monoisotopic (exact) mass is 240 g/mol. The van der Waals surface area contributed by atoms with E-state index >= 15 is 0 Å². The summed E-state index contributed by atoms with van der Waals surface area (Å²) in [6, 6.07) is 2.25. The number of nitrogens with zero attached hydrogens (tertiary/aromatic N) is 1. The van der Waals surface area contributed by atoms with Crippen LogP contribution in [0.25, 0.3) is 0 Å². The summed E-state index contributed by atoms with van der Waals surface area (Å²) < 4.78 is 10.4. The molecular weight excluding hydrogens is 220 g/mol. The van der Waals surface area contributed by atoms with Gasteiger partial charge in [0.05, 0.1) is 18.6 Å². The lowest BCUT2D eigenvalue weighted by Crippen LogP contribution is -2.40. The summed E-state index contributed by atoms with van der Waals surface area (Å²) in [5.74, 6) is 0.0138. The average Bonchev–Trinajstić information content (AvgIpc) is 2.24. The van der Waals surface area contributed by atoms with Crippen LogP contribution in [0.15, 0.2) is 0 Å². The number of carbonyl (C=O) groups excluding carboxylic acids is 1. The molecule has 2 atom stereocenters. The van der Waals surface area contributed by atoms with Crippen molar-refractivity contribution in [3.8, 4) is 6.07 Å². The highest BCUT2D eigenvalue weighted by atomic mass is 16.6. The van der Waals surface area contributed by atoms with Crippen LogP contribution in [0.3, 0.4) is 0 Å². The molecule has 0 aromatic heterocycles. The van der Waals surface area contributed by atoms with Crippen LogP contribution in [0.1, 0.15) is 27.2 Å². The Morgan fingerprint density at radius 3 is 2.88 bits per heavy atom. The standard InChI is InChI=1S/C12H20N2O3/c1-12(2,3)17-11(15)14-7-10-8-16-5-4-9(10)6-13/h9-10H,4-5,7-8H2,1-3H3,(H,14,15). The Balaban J connectivity index is 2.34. The molecule has 1 N–H and O–H groups in total.